The molecule has 0 radical (unpaired) electrons. The number of thiocarbonyl (C=S) groups is 1. The summed E-state index contributed by atoms with van der Waals surface area (Å²) < 4.78 is 0. The molecule has 0 bridgehead atoms. The van der Waals surface area contributed by atoms with Crippen molar-refractivity contribution in [2.45, 2.75) is 6.92 Å². The highest BCUT2D eigenvalue weighted by Crippen LogP contribution is 1.91. The molecule has 0 spiro atoms. The topological polar surface area (TPSA) is 76.2 Å². The Hall–Kier alpha value is -1.56. The van der Waals surface area contributed by atoms with Crippen LogP contribution in [0.15, 0.2) is 23.7 Å². The van der Waals surface area contributed by atoms with Gasteiger partial charge in [-0.2, -0.15) is 5.10 Å². The average molecular weight is 195 g/mol. The number of rotatable bonds is 2. The predicted molar refractivity (Wildman–Crippen MR) is 54.2 cm³/mol. The number of hydrogen-bond donors (Lipinski definition) is 2. The van der Waals surface area contributed by atoms with E-state index in [2.05, 4.69) is 32.7 Å². The third kappa shape index (κ3) is 3.12. The maximum Gasteiger partial charge on any atom is 0.184 e. The molecule has 1 rings (SSSR count). The van der Waals surface area contributed by atoms with Gasteiger partial charge in [-0.25, -0.2) is 0 Å². The van der Waals surface area contributed by atoms with Crippen molar-refractivity contribution in [1.82, 2.24) is 15.4 Å². The molecule has 0 aliphatic heterocycles. The van der Waals surface area contributed by atoms with Gasteiger partial charge < -0.3 is 5.73 Å². The molecule has 1 aromatic heterocycles. The Balaban J connectivity index is 2.73. The molecular weight excluding hydrogens is 186 g/mol. The molecule has 0 aromatic carbocycles. The second-order valence-electron chi connectivity index (χ2n) is 2.26. The zero-order valence-electron chi connectivity index (χ0n) is 7.06. The first-order valence-corrected chi connectivity index (χ1v) is 3.97. The fraction of sp³-hybridized carbons (Fsp3) is 0.143. The first-order valence-electron chi connectivity index (χ1n) is 3.56. The molecule has 1 heterocycles. The molecule has 0 saturated heterocycles. The molecule has 5 nitrogen and oxygen atoms in total. The van der Waals surface area contributed by atoms with E-state index in [4.69, 9.17) is 5.73 Å². The molecule has 13 heavy (non-hydrogen) atoms. The van der Waals surface area contributed by atoms with Crippen LogP contribution in [0, 0.1) is 0 Å². The molecule has 0 unspecified atom stereocenters. The minimum atomic E-state index is 0.128. The molecule has 0 amide bonds. The lowest BCUT2D eigenvalue weighted by molar-refractivity contribution is 1.02. The molecular formula is C7H9N5S. The van der Waals surface area contributed by atoms with Crippen LogP contribution in [0.2, 0.25) is 0 Å². The van der Waals surface area contributed by atoms with Crippen LogP contribution in [0.1, 0.15) is 12.6 Å². The summed E-state index contributed by atoms with van der Waals surface area (Å²) in [5, 5.41) is 4.02. The Kier molecular flexibility index (Phi) is 3.27. The molecule has 0 atom stereocenters. The summed E-state index contributed by atoms with van der Waals surface area (Å²) in [7, 11) is 0. The monoisotopic (exact) mass is 195 g/mol. The second kappa shape index (κ2) is 4.46. The zero-order chi connectivity index (χ0) is 9.68. The Morgan fingerprint density at radius 1 is 1.62 bits per heavy atom. The van der Waals surface area contributed by atoms with Crippen molar-refractivity contribution in [3.63, 3.8) is 0 Å². The average Bonchev–Trinajstić information content (AvgIpc) is 2.15. The van der Waals surface area contributed by atoms with Crippen LogP contribution in [-0.2, 0) is 0 Å². The minimum Gasteiger partial charge on any atom is -0.375 e. The summed E-state index contributed by atoms with van der Waals surface area (Å²) in [4.78, 5) is 7.94. The third-order valence-electron chi connectivity index (χ3n) is 1.27. The van der Waals surface area contributed by atoms with Crippen LogP contribution in [-0.4, -0.2) is 20.8 Å². The highest BCUT2D eigenvalue weighted by Gasteiger charge is 1.97. The largest absolute Gasteiger partial charge is 0.375 e. The van der Waals surface area contributed by atoms with E-state index in [0.717, 1.165) is 0 Å². The van der Waals surface area contributed by atoms with Gasteiger partial charge in [0.15, 0.2) is 5.11 Å². The number of nitrogens with zero attached hydrogens (tertiary/aromatic N) is 3. The van der Waals surface area contributed by atoms with Gasteiger partial charge in [-0.05, 0) is 19.1 Å². The van der Waals surface area contributed by atoms with Gasteiger partial charge in [-0.3, -0.25) is 15.4 Å². The van der Waals surface area contributed by atoms with Crippen molar-refractivity contribution in [1.29, 1.82) is 0 Å². The molecule has 0 fully saturated rings. The van der Waals surface area contributed by atoms with Crippen molar-refractivity contribution < 1.29 is 0 Å². The Morgan fingerprint density at radius 2 is 2.38 bits per heavy atom. The van der Waals surface area contributed by atoms with Crippen molar-refractivity contribution in [3.8, 4) is 0 Å². The Bertz CT molecular complexity index is 321. The van der Waals surface area contributed by atoms with Crippen molar-refractivity contribution in [2.24, 2.45) is 10.8 Å². The Morgan fingerprint density at radius 3 is 2.92 bits per heavy atom. The first kappa shape index (κ1) is 9.53. The lowest BCUT2D eigenvalue weighted by atomic mass is 10.3. The van der Waals surface area contributed by atoms with Gasteiger partial charge in [0.05, 0.1) is 11.9 Å². The van der Waals surface area contributed by atoms with Crippen LogP contribution < -0.4 is 11.2 Å². The number of nitrogens with two attached hydrogens (primary N) is 1. The normalized spacial score (nSPS) is 11.0. The van der Waals surface area contributed by atoms with Crippen LogP contribution in [0.25, 0.3) is 0 Å². The van der Waals surface area contributed by atoms with Gasteiger partial charge in [-0.1, -0.05) is 0 Å². The van der Waals surface area contributed by atoms with E-state index >= 15 is 0 Å². The van der Waals surface area contributed by atoms with Crippen molar-refractivity contribution >= 4 is 23.0 Å². The van der Waals surface area contributed by atoms with E-state index in [1.54, 1.807) is 25.5 Å². The molecule has 0 saturated carbocycles. The summed E-state index contributed by atoms with van der Waals surface area (Å²) in [6.45, 7) is 1.79. The maximum absolute atomic E-state index is 5.20. The fourth-order valence-electron chi connectivity index (χ4n) is 0.682. The molecule has 6 heteroatoms. The van der Waals surface area contributed by atoms with Gasteiger partial charge in [0.25, 0.3) is 0 Å². The van der Waals surface area contributed by atoms with E-state index < -0.39 is 0 Å². The van der Waals surface area contributed by atoms with Crippen LogP contribution in [0.3, 0.4) is 0 Å². The summed E-state index contributed by atoms with van der Waals surface area (Å²) in [5.41, 5.74) is 9.04. The zero-order valence-corrected chi connectivity index (χ0v) is 7.88. The quantitative estimate of drug-likeness (QED) is 0.395. The molecule has 68 valence electrons. The first-order chi connectivity index (χ1) is 6.20. The lowest BCUT2D eigenvalue weighted by Gasteiger charge is -1.99. The van der Waals surface area contributed by atoms with E-state index in [1.165, 1.54) is 0 Å². The van der Waals surface area contributed by atoms with Crippen molar-refractivity contribution in [2.75, 3.05) is 0 Å². The SMILES string of the molecule is C/C(=N\NC(N)=S)c1cnccn1. The number of aromatic nitrogens is 2. The van der Waals surface area contributed by atoms with E-state index in [0.29, 0.717) is 11.4 Å². The molecule has 0 aliphatic rings. The standard InChI is InChI=1S/C7H9N5S/c1-5(11-12-7(8)13)6-4-9-2-3-10-6/h2-4H,1H3,(H3,8,12,13)/b11-5+. The minimum absolute atomic E-state index is 0.128. The van der Waals surface area contributed by atoms with Crippen molar-refractivity contribution in [3.05, 3.63) is 24.3 Å². The van der Waals surface area contributed by atoms with Gasteiger partial charge >= 0.3 is 0 Å². The van der Waals surface area contributed by atoms with Gasteiger partial charge in [0.1, 0.15) is 5.69 Å². The number of hydrazone groups is 1. The predicted octanol–water partition coefficient (Wildman–Crippen LogP) is 0.0338. The Labute approximate surface area is 81.1 Å². The van der Waals surface area contributed by atoms with E-state index in [1.807, 2.05) is 0 Å². The van der Waals surface area contributed by atoms with Crippen LogP contribution in [0.4, 0.5) is 0 Å². The van der Waals surface area contributed by atoms with E-state index in [9.17, 15) is 0 Å². The molecule has 0 aliphatic carbocycles. The lowest BCUT2D eigenvalue weighted by Crippen LogP contribution is -2.25. The second-order valence-corrected chi connectivity index (χ2v) is 2.70. The molecule has 1 aromatic rings. The fourth-order valence-corrected chi connectivity index (χ4v) is 0.728. The highest BCUT2D eigenvalue weighted by molar-refractivity contribution is 7.80. The summed E-state index contributed by atoms with van der Waals surface area (Å²) in [5.74, 6) is 0. The van der Waals surface area contributed by atoms with E-state index in [-0.39, 0.29) is 5.11 Å². The summed E-state index contributed by atoms with van der Waals surface area (Å²) in [6, 6.07) is 0. The van der Waals surface area contributed by atoms with Gasteiger partial charge in [0, 0.05) is 12.4 Å². The summed E-state index contributed by atoms with van der Waals surface area (Å²) >= 11 is 4.59. The van der Waals surface area contributed by atoms with Crippen LogP contribution >= 0.6 is 12.2 Å². The maximum atomic E-state index is 5.20. The highest BCUT2D eigenvalue weighted by atomic mass is 32.1. The molecule has 3 N–H and O–H groups in total. The van der Waals surface area contributed by atoms with Gasteiger partial charge in [0.2, 0.25) is 0 Å². The summed E-state index contributed by atoms with van der Waals surface area (Å²) in [6.07, 6.45) is 4.80. The number of hydrogen-bond acceptors (Lipinski definition) is 4. The number of nitrogens with one attached hydrogen (secondary N) is 1. The smallest absolute Gasteiger partial charge is 0.184 e. The van der Waals surface area contributed by atoms with Gasteiger partial charge in [-0.15, -0.1) is 0 Å². The van der Waals surface area contributed by atoms with Crippen LogP contribution in [0.5, 0.6) is 0 Å². The third-order valence-corrected chi connectivity index (χ3v) is 1.36.